The van der Waals surface area contributed by atoms with E-state index in [4.69, 9.17) is 4.74 Å². The first kappa shape index (κ1) is 18.0. The number of piperidine rings is 1. The van der Waals surface area contributed by atoms with Gasteiger partial charge in [0.05, 0.1) is 12.2 Å². The number of carbonyl (C=O) groups excluding carboxylic acids is 1. The van der Waals surface area contributed by atoms with E-state index in [1.807, 2.05) is 0 Å². The van der Waals surface area contributed by atoms with Crippen LogP contribution in [-0.2, 0) is 24.1 Å². The van der Waals surface area contributed by atoms with Gasteiger partial charge in [-0.05, 0) is 30.4 Å². The van der Waals surface area contributed by atoms with E-state index in [2.05, 4.69) is 10.2 Å². The van der Waals surface area contributed by atoms with Crippen LogP contribution in [-0.4, -0.2) is 45.3 Å². The molecule has 1 aromatic heterocycles. The van der Waals surface area contributed by atoms with Gasteiger partial charge in [-0.1, -0.05) is 18.2 Å². The summed E-state index contributed by atoms with van der Waals surface area (Å²) < 4.78 is 46.8. The number of halogens is 3. The second kappa shape index (κ2) is 6.95. The molecule has 0 aliphatic carbocycles. The molecule has 144 valence electrons. The quantitative estimate of drug-likeness (QED) is 0.804. The van der Waals surface area contributed by atoms with Crippen molar-refractivity contribution in [2.45, 2.75) is 38.1 Å². The maximum Gasteiger partial charge on any atom is 0.416 e. The zero-order valence-electron chi connectivity index (χ0n) is 14.6. The Morgan fingerprint density at radius 2 is 1.89 bits per heavy atom. The Morgan fingerprint density at radius 1 is 1.15 bits per heavy atom. The molecule has 2 aliphatic heterocycles. The predicted molar refractivity (Wildman–Crippen MR) is 89.0 cm³/mol. The monoisotopic (exact) mass is 380 g/mol. The first-order valence-corrected chi connectivity index (χ1v) is 8.90. The molecule has 2 aromatic rings. The Balaban J connectivity index is 1.47. The first-order valence-electron chi connectivity index (χ1n) is 8.90. The fourth-order valence-corrected chi connectivity index (χ4v) is 3.78. The van der Waals surface area contributed by atoms with E-state index >= 15 is 0 Å². The van der Waals surface area contributed by atoms with E-state index in [1.165, 1.54) is 12.1 Å². The molecule has 0 spiro atoms. The maximum atomic E-state index is 13.3. The van der Waals surface area contributed by atoms with Crippen LogP contribution in [0.4, 0.5) is 13.2 Å². The second-order valence-electron chi connectivity index (χ2n) is 6.81. The summed E-state index contributed by atoms with van der Waals surface area (Å²) in [6.07, 6.45) is -2.80. The van der Waals surface area contributed by atoms with Gasteiger partial charge in [0.25, 0.3) is 5.91 Å². The topological polar surface area (TPSA) is 60.3 Å². The van der Waals surface area contributed by atoms with Crippen molar-refractivity contribution in [3.63, 3.8) is 0 Å². The molecule has 1 fully saturated rings. The molecule has 0 N–H and O–H groups in total. The van der Waals surface area contributed by atoms with E-state index in [1.54, 1.807) is 15.5 Å². The zero-order chi connectivity index (χ0) is 19.0. The second-order valence-corrected chi connectivity index (χ2v) is 6.81. The largest absolute Gasteiger partial charge is 0.416 e. The number of aromatic nitrogens is 3. The lowest BCUT2D eigenvalue weighted by atomic mass is 9.86. The number of hydrogen-bond donors (Lipinski definition) is 0. The van der Waals surface area contributed by atoms with Crippen molar-refractivity contribution in [2.24, 2.45) is 0 Å². The number of fused-ring (bicyclic) bond motifs is 1. The van der Waals surface area contributed by atoms with Crippen molar-refractivity contribution >= 4 is 5.91 Å². The summed E-state index contributed by atoms with van der Waals surface area (Å²) in [4.78, 5) is 14.4. The van der Waals surface area contributed by atoms with Crippen LogP contribution < -0.4 is 0 Å². The number of benzene rings is 1. The van der Waals surface area contributed by atoms with Crippen molar-refractivity contribution in [3.05, 3.63) is 47.0 Å². The minimum Gasteiger partial charge on any atom is -0.360 e. The van der Waals surface area contributed by atoms with E-state index in [0.29, 0.717) is 44.5 Å². The summed E-state index contributed by atoms with van der Waals surface area (Å²) in [5.74, 6) is 0.488. The minimum absolute atomic E-state index is 0.220. The van der Waals surface area contributed by atoms with Crippen molar-refractivity contribution in [1.82, 2.24) is 19.7 Å². The lowest BCUT2D eigenvalue weighted by molar-refractivity contribution is -0.138. The summed E-state index contributed by atoms with van der Waals surface area (Å²) in [5, 5.41) is 8.02. The highest BCUT2D eigenvalue weighted by Gasteiger charge is 2.36. The molecule has 1 aromatic carbocycles. The van der Waals surface area contributed by atoms with Crippen LogP contribution in [0, 0.1) is 0 Å². The fourth-order valence-electron chi connectivity index (χ4n) is 3.78. The van der Waals surface area contributed by atoms with Gasteiger partial charge in [0.1, 0.15) is 12.6 Å². The van der Waals surface area contributed by atoms with E-state index < -0.39 is 11.7 Å². The third-order valence-corrected chi connectivity index (χ3v) is 5.20. The van der Waals surface area contributed by atoms with Gasteiger partial charge in [-0.25, -0.2) is 0 Å². The van der Waals surface area contributed by atoms with Crippen LogP contribution in [0.1, 0.15) is 46.3 Å². The van der Waals surface area contributed by atoms with Crippen molar-refractivity contribution in [2.75, 3.05) is 19.7 Å². The fraction of sp³-hybridized carbons (Fsp3) is 0.500. The number of carbonyl (C=O) groups is 1. The summed E-state index contributed by atoms with van der Waals surface area (Å²) in [6.45, 7) is 1.58. The SMILES string of the molecule is O=C(c1nnc2n1COCC2)N1CCC(c2ccccc2C(F)(F)F)CC1. The number of likely N-dealkylation sites (tertiary alicyclic amines) is 1. The number of amides is 1. The first-order chi connectivity index (χ1) is 12.9. The van der Waals surface area contributed by atoms with Gasteiger partial charge in [0.2, 0.25) is 5.82 Å². The Labute approximate surface area is 153 Å². The number of rotatable bonds is 2. The number of hydrogen-bond acceptors (Lipinski definition) is 4. The molecule has 27 heavy (non-hydrogen) atoms. The highest BCUT2D eigenvalue weighted by molar-refractivity contribution is 5.90. The lowest BCUT2D eigenvalue weighted by Crippen LogP contribution is -2.40. The normalized spacial score (nSPS) is 18.4. The van der Waals surface area contributed by atoms with Crippen molar-refractivity contribution < 1.29 is 22.7 Å². The van der Waals surface area contributed by atoms with Crippen LogP contribution in [0.5, 0.6) is 0 Å². The van der Waals surface area contributed by atoms with Crippen LogP contribution in [0.2, 0.25) is 0 Å². The molecule has 0 unspecified atom stereocenters. The average molecular weight is 380 g/mol. The molecule has 6 nitrogen and oxygen atoms in total. The third kappa shape index (κ3) is 3.43. The number of alkyl halides is 3. The molecule has 0 saturated carbocycles. The molecule has 3 heterocycles. The average Bonchev–Trinajstić information content (AvgIpc) is 3.11. The molecule has 9 heteroatoms. The van der Waals surface area contributed by atoms with Gasteiger partial charge in [-0.3, -0.25) is 9.36 Å². The maximum absolute atomic E-state index is 13.3. The highest BCUT2D eigenvalue weighted by atomic mass is 19.4. The molecule has 0 bridgehead atoms. The Hall–Kier alpha value is -2.42. The predicted octanol–water partition coefficient (Wildman–Crippen LogP) is 2.85. The van der Waals surface area contributed by atoms with E-state index in [9.17, 15) is 18.0 Å². The Morgan fingerprint density at radius 3 is 2.63 bits per heavy atom. The molecule has 2 aliphatic rings. The van der Waals surface area contributed by atoms with Gasteiger partial charge >= 0.3 is 6.18 Å². The summed E-state index contributed by atoms with van der Waals surface area (Å²) in [7, 11) is 0. The number of nitrogens with zero attached hydrogens (tertiary/aromatic N) is 4. The molecule has 4 rings (SSSR count). The number of ether oxygens (including phenoxy) is 1. The van der Waals surface area contributed by atoms with Gasteiger partial charge in [-0.15, -0.1) is 10.2 Å². The molecular formula is C18H19F3N4O2. The molecule has 1 amide bonds. The zero-order valence-corrected chi connectivity index (χ0v) is 14.6. The van der Waals surface area contributed by atoms with Gasteiger partial charge in [0.15, 0.2) is 0 Å². The van der Waals surface area contributed by atoms with Crippen LogP contribution in [0.3, 0.4) is 0 Å². The molecule has 1 saturated heterocycles. The lowest BCUT2D eigenvalue weighted by Gasteiger charge is -2.33. The summed E-state index contributed by atoms with van der Waals surface area (Å²) >= 11 is 0. The Bertz CT molecular complexity index is 841. The van der Waals surface area contributed by atoms with Crippen LogP contribution >= 0.6 is 0 Å². The summed E-state index contributed by atoms with van der Waals surface area (Å²) in [6, 6.07) is 5.69. The third-order valence-electron chi connectivity index (χ3n) is 5.20. The van der Waals surface area contributed by atoms with Gasteiger partial charge in [0, 0.05) is 19.5 Å². The van der Waals surface area contributed by atoms with Crippen molar-refractivity contribution in [1.29, 1.82) is 0 Å². The van der Waals surface area contributed by atoms with Crippen LogP contribution in [0.25, 0.3) is 0 Å². The molecular weight excluding hydrogens is 361 g/mol. The smallest absolute Gasteiger partial charge is 0.360 e. The van der Waals surface area contributed by atoms with Crippen LogP contribution in [0.15, 0.2) is 24.3 Å². The van der Waals surface area contributed by atoms with E-state index in [0.717, 1.165) is 11.9 Å². The van der Waals surface area contributed by atoms with Crippen molar-refractivity contribution in [3.8, 4) is 0 Å². The van der Waals surface area contributed by atoms with Gasteiger partial charge < -0.3 is 9.64 Å². The molecule has 0 radical (unpaired) electrons. The summed E-state index contributed by atoms with van der Waals surface area (Å²) in [5.41, 5.74) is -0.274. The van der Waals surface area contributed by atoms with Gasteiger partial charge in [-0.2, -0.15) is 13.2 Å². The van der Waals surface area contributed by atoms with E-state index in [-0.39, 0.29) is 24.4 Å². The molecule has 0 atom stereocenters. The standard InChI is InChI=1S/C18H19F3N4O2/c19-18(20,21)14-4-2-1-3-13(14)12-5-8-24(9-6-12)17(26)16-23-22-15-7-10-27-11-25(15)16/h1-4,12H,5-11H2. The highest BCUT2D eigenvalue weighted by Crippen LogP contribution is 2.38. The minimum atomic E-state index is -4.37. The Kier molecular flexibility index (Phi) is 4.63.